The molecule has 3 atom stereocenters. The average molecular weight is 583 g/mol. The SMILES string of the molecule is O=C(NCc1ccccn1)[C@@H]1C[C@H]2OCC[C@H]2N(C(=O)c2ccn[nH]2)C1.O=C(O)C(F)(F)F.O=C(O)C(F)(F)F. The molecule has 2 aliphatic rings. The van der Waals surface area contributed by atoms with Gasteiger partial charge in [-0.2, -0.15) is 31.4 Å². The highest BCUT2D eigenvalue weighted by atomic mass is 19.4. The van der Waals surface area contributed by atoms with E-state index in [4.69, 9.17) is 24.5 Å². The number of rotatable bonds is 4. The van der Waals surface area contributed by atoms with Crippen molar-refractivity contribution in [1.29, 1.82) is 0 Å². The second-order valence-electron chi connectivity index (χ2n) is 8.27. The second kappa shape index (κ2) is 13.7. The summed E-state index contributed by atoms with van der Waals surface area (Å²) >= 11 is 0. The Bertz CT molecular complexity index is 1120. The number of ether oxygens (including phenoxy) is 1. The van der Waals surface area contributed by atoms with E-state index in [2.05, 4.69) is 20.5 Å². The Morgan fingerprint density at radius 1 is 1.02 bits per heavy atom. The Kier molecular flexibility index (Phi) is 11.0. The zero-order valence-electron chi connectivity index (χ0n) is 20.3. The number of aromatic nitrogens is 3. The van der Waals surface area contributed by atoms with Gasteiger partial charge in [-0.1, -0.05) is 6.07 Å². The predicted octanol–water partition coefficient (Wildman–Crippen LogP) is 2.01. The monoisotopic (exact) mass is 583 g/mol. The molecule has 2 amide bonds. The van der Waals surface area contributed by atoms with Crippen molar-refractivity contribution in [3.63, 3.8) is 0 Å². The van der Waals surface area contributed by atoms with E-state index in [1.54, 1.807) is 23.4 Å². The van der Waals surface area contributed by atoms with Crippen molar-refractivity contribution in [1.82, 2.24) is 25.4 Å². The number of nitrogens with one attached hydrogen (secondary N) is 2. The Balaban J connectivity index is 0.000000333. The van der Waals surface area contributed by atoms with Crippen LogP contribution in [-0.2, 0) is 25.7 Å². The molecule has 2 aromatic rings. The average Bonchev–Trinajstić information content (AvgIpc) is 3.59. The van der Waals surface area contributed by atoms with Crippen molar-refractivity contribution < 1.29 is 60.5 Å². The first-order chi connectivity index (χ1) is 18.6. The summed E-state index contributed by atoms with van der Waals surface area (Å²) in [5.41, 5.74) is 1.24. The molecular formula is C22H23F6N5O7. The molecular weight excluding hydrogens is 560 g/mol. The Morgan fingerprint density at radius 2 is 1.65 bits per heavy atom. The highest BCUT2D eigenvalue weighted by molar-refractivity contribution is 5.93. The number of halogens is 6. The number of H-pyrrole nitrogens is 1. The Labute approximate surface area is 221 Å². The smallest absolute Gasteiger partial charge is 0.475 e. The molecule has 4 N–H and O–H groups in total. The lowest BCUT2D eigenvalue weighted by molar-refractivity contribution is -0.193. The largest absolute Gasteiger partial charge is 0.490 e. The van der Waals surface area contributed by atoms with Gasteiger partial charge in [0.1, 0.15) is 5.69 Å². The van der Waals surface area contributed by atoms with E-state index in [0.29, 0.717) is 31.8 Å². The number of amides is 2. The number of pyridine rings is 1. The van der Waals surface area contributed by atoms with Crippen molar-refractivity contribution in [2.75, 3.05) is 13.2 Å². The number of alkyl halides is 6. The number of aliphatic carboxylic acids is 2. The fraction of sp³-hybridized carbons (Fsp3) is 0.455. The van der Waals surface area contributed by atoms with Crippen LogP contribution in [0.15, 0.2) is 36.7 Å². The minimum atomic E-state index is -5.08. The maximum atomic E-state index is 12.8. The third-order valence-corrected chi connectivity index (χ3v) is 5.53. The molecule has 18 heteroatoms. The molecule has 0 bridgehead atoms. The summed E-state index contributed by atoms with van der Waals surface area (Å²) in [6, 6.07) is 7.26. The molecule has 2 aliphatic heterocycles. The molecule has 12 nitrogen and oxygen atoms in total. The summed E-state index contributed by atoms with van der Waals surface area (Å²) in [5, 5.41) is 23.7. The van der Waals surface area contributed by atoms with Gasteiger partial charge in [-0.15, -0.1) is 0 Å². The van der Waals surface area contributed by atoms with Gasteiger partial charge in [-0.25, -0.2) is 9.59 Å². The quantitative estimate of drug-likeness (QED) is 0.393. The molecule has 0 aliphatic carbocycles. The lowest BCUT2D eigenvalue weighted by Crippen LogP contribution is -2.55. The molecule has 220 valence electrons. The third-order valence-electron chi connectivity index (χ3n) is 5.53. The molecule has 2 saturated heterocycles. The van der Waals surface area contributed by atoms with Gasteiger partial charge in [0.15, 0.2) is 0 Å². The summed E-state index contributed by atoms with van der Waals surface area (Å²) in [6.45, 7) is 1.38. The van der Waals surface area contributed by atoms with Crippen LogP contribution >= 0.6 is 0 Å². The second-order valence-corrected chi connectivity index (χ2v) is 8.27. The molecule has 4 heterocycles. The van der Waals surface area contributed by atoms with Crippen LogP contribution in [0.1, 0.15) is 29.0 Å². The van der Waals surface area contributed by atoms with Crippen molar-refractivity contribution in [2.24, 2.45) is 5.92 Å². The minimum absolute atomic E-state index is 0.0191. The van der Waals surface area contributed by atoms with Crippen LogP contribution in [0.3, 0.4) is 0 Å². The van der Waals surface area contributed by atoms with E-state index in [1.165, 1.54) is 0 Å². The van der Waals surface area contributed by atoms with Crippen LogP contribution in [0.25, 0.3) is 0 Å². The number of aromatic amines is 1. The number of carbonyl (C=O) groups is 4. The summed E-state index contributed by atoms with van der Waals surface area (Å²) in [7, 11) is 0. The highest BCUT2D eigenvalue weighted by Gasteiger charge is 2.44. The summed E-state index contributed by atoms with van der Waals surface area (Å²) in [5.74, 6) is -6.03. The number of carboxylic acids is 2. The normalized spacial score (nSPS) is 20.1. The number of carboxylic acid groups (broad SMARTS) is 2. The molecule has 40 heavy (non-hydrogen) atoms. The van der Waals surface area contributed by atoms with E-state index in [1.807, 2.05) is 18.2 Å². The Hall–Kier alpha value is -4.22. The van der Waals surface area contributed by atoms with Crippen LogP contribution in [0.5, 0.6) is 0 Å². The fourth-order valence-electron chi connectivity index (χ4n) is 3.72. The lowest BCUT2D eigenvalue weighted by atomic mass is 9.89. The van der Waals surface area contributed by atoms with Gasteiger partial charge < -0.3 is 25.2 Å². The predicted molar refractivity (Wildman–Crippen MR) is 119 cm³/mol. The number of hydrogen-bond donors (Lipinski definition) is 4. The van der Waals surface area contributed by atoms with Crippen molar-refractivity contribution >= 4 is 23.8 Å². The first-order valence-electron chi connectivity index (χ1n) is 11.3. The number of fused-ring (bicyclic) bond motifs is 1. The number of likely N-dealkylation sites (tertiary alicyclic amines) is 1. The molecule has 0 saturated carbocycles. The van der Waals surface area contributed by atoms with Gasteiger partial charge in [0.2, 0.25) is 5.91 Å². The maximum Gasteiger partial charge on any atom is 0.490 e. The van der Waals surface area contributed by atoms with Gasteiger partial charge in [0.25, 0.3) is 5.91 Å². The summed E-state index contributed by atoms with van der Waals surface area (Å²) < 4.78 is 69.3. The molecule has 2 fully saturated rings. The zero-order chi connectivity index (χ0) is 30.1. The van der Waals surface area contributed by atoms with Crippen LogP contribution < -0.4 is 5.32 Å². The Morgan fingerprint density at radius 3 is 2.15 bits per heavy atom. The van der Waals surface area contributed by atoms with Gasteiger partial charge in [-0.3, -0.25) is 19.7 Å². The van der Waals surface area contributed by atoms with Crippen LogP contribution in [-0.4, -0.2) is 91.7 Å². The van der Waals surface area contributed by atoms with Crippen LogP contribution in [0.2, 0.25) is 0 Å². The highest BCUT2D eigenvalue weighted by Crippen LogP contribution is 2.32. The van der Waals surface area contributed by atoms with Gasteiger partial charge in [0.05, 0.1) is 30.3 Å². The standard InChI is InChI=1S/C18H21N5O3.2C2HF3O2/c24-17(20-10-13-3-1-2-6-19-13)12-9-16-15(5-8-26-16)23(11-12)18(25)14-4-7-21-22-14;2*3-2(4,5)1(6)7/h1-4,6-7,12,15-16H,5,8-11H2,(H,20,24)(H,21,22);2*(H,6,7)/t12-,15-,16-;;/m1../s1. The van der Waals surface area contributed by atoms with Crippen LogP contribution in [0.4, 0.5) is 26.3 Å². The molecule has 0 radical (unpaired) electrons. The number of piperidine rings is 1. The summed E-state index contributed by atoms with van der Waals surface area (Å²) in [6.07, 6.45) is -5.58. The van der Waals surface area contributed by atoms with E-state index in [0.717, 1.165) is 12.1 Å². The van der Waals surface area contributed by atoms with E-state index < -0.39 is 24.3 Å². The van der Waals surface area contributed by atoms with Gasteiger partial charge >= 0.3 is 24.3 Å². The molecule has 2 aromatic heterocycles. The number of nitrogens with zero attached hydrogens (tertiary/aromatic N) is 3. The number of carbonyl (C=O) groups excluding carboxylic acids is 2. The van der Waals surface area contributed by atoms with E-state index >= 15 is 0 Å². The molecule has 0 spiro atoms. The van der Waals surface area contributed by atoms with Gasteiger partial charge in [0, 0.05) is 25.5 Å². The first-order valence-corrected chi connectivity index (χ1v) is 11.3. The molecule has 0 aromatic carbocycles. The topological polar surface area (TPSA) is 175 Å². The molecule has 0 unspecified atom stereocenters. The zero-order valence-corrected chi connectivity index (χ0v) is 20.3. The molecule has 4 rings (SSSR count). The van der Waals surface area contributed by atoms with Crippen LogP contribution in [0, 0.1) is 5.92 Å². The van der Waals surface area contributed by atoms with Crippen molar-refractivity contribution in [3.05, 3.63) is 48.0 Å². The first kappa shape index (κ1) is 32.0. The maximum absolute atomic E-state index is 12.8. The van der Waals surface area contributed by atoms with E-state index in [-0.39, 0.29) is 29.9 Å². The van der Waals surface area contributed by atoms with Crippen molar-refractivity contribution in [3.8, 4) is 0 Å². The lowest BCUT2D eigenvalue weighted by Gasteiger charge is -2.40. The summed E-state index contributed by atoms with van der Waals surface area (Å²) in [4.78, 5) is 49.2. The fourth-order valence-corrected chi connectivity index (χ4v) is 3.72. The van der Waals surface area contributed by atoms with Gasteiger partial charge in [-0.05, 0) is 31.0 Å². The van der Waals surface area contributed by atoms with E-state index in [9.17, 15) is 35.9 Å². The third kappa shape index (κ3) is 9.51. The minimum Gasteiger partial charge on any atom is -0.475 e. The number of hydrogen-bond acceptors (Lipinski definition) is 7. The van der Waals surface area contributed by atoms with Crippen molar-refractivity contribution in [2.45, 2.75) is 43.9 Å².